The van der Waals surface area contributed by atoms with Crippen molar-refractivity contribution in [3.8, 4) is 11.5 Å². The fraction of sp³-hybridized carbons (Fsp3) is 0.412. The molecule has 1 aliphatic rings. The number of ether oxygens (including phenoxy) is 3. The second-order valence-corrected chi connectivity index (χ2v) is 5.88. The van der Waals surface area contributed by atoms with Gasteiger partial charge in [-0.25, -0.2) is 0 Å². The third-order valence-corrected chi connectivity index (χ3v) is 3.64. The summed E-state index contributed by atoms with van der Waals surface area (Å²) in [6.45, 7) is 1.83. The van der Waals surface area contributed by atoms with Gasteiger partial charge in [-0.2, -0.15) is 0 Å². The molecule has 1 amide bonds. The zero-order chi connectivity index (χ0) is 17.7. The molecule has 1 aromatic carbocycles. The van der Waals surface area contributed by atoms with Crippen LogP contribution in [0.4, 0.5) is 0 Å². The maximum absolute atomic E-state index is 12.5. The van der Waals surface area contributed by atoms with Gasteiger partial charge in [0.25, 0.3) is 5.91 Å². The molecule has 0 aliphatic carbocycles. The lowest BCUT2D eigenvalue weighted by Gasteiger charge is -2.29. The smallest absolute Gasteiger partial charge is 0.305 e. The molecular formula is C17H21NO6. The number of methoxy groups -OCH3 is 2. The second-order valence-electron chi connectivity index (χ2n) is 5.88. The van der Waals surface area contributed by atoms with E-state index in [0.717, 1.165) is 5.56 Å². The third kappa shape index (κ3) is 4.26. The molecule has 1 heterocycles. The number of nitrogens with one attached hydrogen (secondary N) is 1. The number of aliphatic carboxylic acids is 1. The summed E-state index contributed by atoms with van der Waals surface area (Å²) < 4.78 is 15.8. The lowest BCUT2D eigenvalue weighted by Crippen LogP contribution is -2.51. The highest BCUT2D eigenvalue weighted by Gasteiger charge is 2.31. The van der Waals surface area contributed by atoms with E-state index >= 15 is 0 Å². The number of rotatable bonds is 7. The summed E-state index contributed by atoms with van der Waals surface area (Å²) in [5.41, 5.74) is 0.133. The van der Waals surface area contributed by atoms with E-state index in [1.165, 1.54) is 7.11 Å². The van der Waals surface area contributed by atoms with E-state index in [0.29, 0.717) is 17.1 Å². The molecule has 1 atom stereocenters. The van der Waals surface area contributed by atoms with Gasteiger partial charge in [-0.15, -0.1) is 0 Å². The number of carbonyl (C=O) groups excluding carboxylic acids is 1. The predicted molar refractivity (Wildman–Crippen MR) is 87.1 cm³/mol. The van der Waals surface area contributed by atoms with Crippen LogP contribution in [0.1, 0.15) is 18.9 Å². The molecule has 7 heteroatoms. The van der Waals surface area contributed by atoms with Crippen LogP contribution >= 0.6 is 0 Å². The minimum Gasteiger partial charge on any atom is -0.497 e. The Balaban J connectivity index is 2.19. The van der Waals surface area contributed by atoms with E-state index in [4.69, 9.17) is 19.3 Å². The van der Waals surface area contributed by atoms with Crippen LogP contribution in [0.15, 0.2) is 23.8 Å². The van der Waals surface area contributed by atoms with Gasteiger partial charge in [0.1, 0.15) is 18.1 Å². The number of carboxylic acids is 1. The molecule has 2 N–H and O–H groups in total. The predicted octanol–water partition coefficient (Wildman–Crippen LogP) is 1.47. The SMILES string of the molecule is COCC(C)(CC(=O)O)NC(=O)C1=Cc2cc(OC)ccc2OC1. The first-order chi connectivity index (χ1) is 11.4. The van der Waals surface area contributed by atoms with Gasteiger partial charge in [0, 0.05) is 12.7 Å². The Morgan fingerprint density at radius 3 is 2.75 bits per heavy atom. The van der Waals surface area contributed by atoms with Crippen molar-refractivity contribution in [1.29, 1.82) is 0 Å². The van der Waals surface area contributed by atoms with Crippen molar-refractivity contribution < 1.29 is 28.9 Å². The third-order valence-electron chi connectivity index (χ3n) is 3.64. The molecule has 0 saturated heterocycles. The molecular weight excluding hydrogens is 314 g/mol. The van der Waals surface area contributed by atoms with Crippen molar-refractivity contribution in [3.63, 3.8) is 0 Å². The van der Waals surface area contributed by atoms with Crippen molar-refractivity contribution in [3.05, 3.63) is 29.3 Å². The van der Waals surface area contributed by atoms with Crippen LogP contribution in [0.25, 0.3) is 6.08 Å². The Morgan fingerprint density at radius 2 is 2.12 bits per heavy atom. The normalized spacial score (nSPS) is 15.4. The zero-order valence-electron chi connectivity index (χ0n) is 13.9. The summed E-state index contributed by atoms with van der Waals surface area (Å²) in [6, 6.07) is 5.33. The molecule has 1 unspecified atom stereocenters. The fourth-order valence-electron chi connectivity index (χ4n) is 2.55. The highest BCUT2D eigenvalue weighted by Crippen LogP contribution is 2.30. The van der Waals surface area contributed by atoms with Crippen molar-refractivity contribution in [2.24, 2.45) is 0 Å². The van der Waals surface area contributed by atoms with Crippen molar-refractivity contribution in [2.45, 2.75) is 18.9 Å². The van der Waals surface area contributed by atoms with Crippen LogP contribution < -0.4 is 14.8 Å². The molecule has 130 valence electrons. The van der Waals surface area contributed by atoms with Crippen molar-refractivity contribution in [1.82, 2.24) is 5.32 Å². The van der Waals surface area contributed by atoms with Crippen LogP contribution in [0.3, 0.4) is 0 Å². The zero-order valence-corrected chi connectivity index (χ0v) is 13.9. The van der Waals surface area contributed by atoms with Gasteiger partial charge in [0.05, 0.1) is 31.2 Å². The Morgan fingerprint density at radius 1 is 1.38 bits per heavy atom. The van der Waals surface area contributed by atoms with E-state index in [-0.39, 0.29) is 25.5 Å². The van der Waals surface area contributed by atoms with Crippen LogP contribution in [0, 0.1) is 0 Å². The topological polar surface area (TPSA) is 94.1 Å². The van der Waals surface area contributed by atoms with Gasteiger partial charge >= 0.3 is 5.97 Å². The first-order valence-electron chi connectivity index (χ1n) is 7.41. The van der Waals surface area contributed by atoms with Crippen LogP contribution in [0.2, 0.25) is 0 Å². The van der Waals surface area contributed by atoms with Gasteiger partial charge in [-0.05, 0) is 31.2 Å². The minimum absolute atomic E-state index is 0.0869. The lowest BCUT2D eigenvalue weighted by molar-refractivity contribution is -0.139. The number of hydrogen-bond acceptors (Lipinski definition) is 5. The summed E-state index contributed by atoms with van der Waals surface area (Å²) in [4.78, 5) is 23.5. The van der Waals surface area contributed by atoms with Crippen LogP contribution in [-0.4, -0.2) is 50.0 Å². The lowest BCUT2D eigenvalue weighted by atomic mass is 9.97. The number of carbonyl (C=O) groups is 2. The van der Waals surface area contributed by atoms with Crippen molar-refractivity contribution >= 4 is 18.0 Å². The van der Waals surface area contributed by atoms with E-state index in [2.05, 4.69) is 5.32 Å². The highest BCUT2D eigenvalue weighted by atomic mass is 16.5. The van der Waals surface area contributed by atoms with Crippen LogP contribution in [-0.2, 0) is 14.3 Å². The molecule has 0 spiro atoms. The minimum atomic E-state index is -1.01. The Labute approximate surface area is 140 Å². The number of hydrogen-bond donors (Lipinski definition) is 2. The maximum Gasteiger partial charge on any atom is 0.305 e. The Kier molecular flexibility index (Phi) is 5.46. The van der Waals surface area contributed by atoms with Gasteiger partial charge in [0.15, 0.2) is 0 Å². The summed E-state index contributed by atoms with van der Waals surface area (Å²) in [5.74, 6) is -0.0778. The molecule has 1 aromatic rings. The number of amides is 1. The maximum atomic E-state index is 12.5. The summed E-state index contributed by atoms with van der Waals surface area (Å²) in [5, 5.41) is 11.8. The average molecular weight is 335 g/mol. The molecule has 0 saturated carbocycles. The molecule has 24 heavy (non-hydrogen) atoms. The molecule has 0 radical (unpaired) electrons. The first-order valence-corrected chi connectivity index (χ1v) is 7.41. The molecule has 0 bridgehead atoms. The highest BCUT2D eigenvalue weighted by molar-refractivity contribution is 5.99. The molecule has 0 aromatic heterocycles. The van der Waals surface area contributed by atoms with Crippen molar-refractivity contribution in [2.75, 3.05) is 27.4 Å². The standard InChI is InChI=1S/C17H21NO6/c1-17(10-22-2,8-15(19)20)18-16(21)12-6-11-7-13(23-3)4-5-14(11)24-9-12/h4-7H,8-10H2,1-3H3,(H,18,21)(H,19,20). The molecule has 2 rings (SSSR count). The fourth-order valence-corrected chi connectivity index (χ4v) is 2.55. The first kappa shape index (κ1) is 17.8. The number of benzene rings is 1. The Hall–Kier alpha value is -2.54. The van der Waals surface area contributed by atoms with E-state index in [1.807, 2.05) is 0 Å². The van der Waals surface area contributed by atoms with E-state index in [1.54, 1.807) is 38.3 Å². The van der Waals surface area contributed by atoms with E-state index < -0.39 is 11.5 Å². The monoisotopic (exact) mass is 335 g/mol. The van der Waals surface area contributed by atoms with Crippen LogP contribution in [0.5, 0.6) is 11.5 Å². The van der Waals surface area contributed by atoms with Gasteiger partial charge in [0.2, 0.25) is 0 Å². The molecule has 1 aliphatic heterocycles. The summed E-state index contributed by atoms with van der Waals surface area (Å²) in [7, 11) is 3.02. The quantitative estimate of drug-likeness (QED) is 0.784. The van der Waals surface area contributed by atoms with E-state index in [9.17, 15) is 9.59 Å². The second kappa shape index (κ2) is 7.35. The number of carboxylic acid groups (broad SMARTS) is 1. The Bertz CT molecular complexity index is 669. The average Bonchev–Trinajstić information content (AvgIpc) is 2.52. The summed E-state index contributed by atoms with van der Waals surface area (Å²) >= 11 is 0. The molecule has 7 nitrogen and oxygen atoms in total. The van der Waals surface area contributed by atoms with Gasteiger partial charge < -0.3 is 24.6 Å². The summed E-state index contributed by atoms with van der Waals surface area (Å²) in [6.07, 6.45) is 1.47. The van der Waals surface area contributed by atoms with Gasteiger partial charge in [-0.1, -0.05) is 0 Å². The van der Waals surface area contributed by atoms with Gasteiger partial charge in [-0.3, -0.25) is 9.59 Å². The molecule has 0 fully saturated rings. The number of fused-ring (bicyclic) bond motifs is 1. The largest absolute Gasteiger partial charge is 0.497 e.